The molecule has 1 saturated heterocycles. The second-order valence-corrected chi connectivity index (χ2v) is 5.90. The molecular formula is C18H25N5O. The maximum absolute atomic E-state index is 10.4. The van der Waals surface area contributed by atoms with Crippen molar-refractivity contribution in [2.75, 3.05) is 19.6 Å². The summed E-state index contributed by atoms with van der Waals surface area (Å²) in [6.07, 6.45) is 2.16. The van der Waals surface area contributed by atoms with Gasteiger partial charge in [-0.05, 0) is 31.5 Å². The molecule has 0 bridgehead atoms. The number of hydrogen-bond donors (Lipinski definition) is 4. The summed E-state index contributed by atoms with van der Waals surface area (Å²) >= 11 is 0. The Bertz CT molecular complexity index is 725. The van der Waals surface area contributed by atoms with Crippen molar-refractivity contribution in [2.24, 2.45) is 0 Å². The zero-order valence-corrected chi connectivity index (χ0v) is 14.3. The summed E-state index contributed by atoms with van der Waals surface area (Å²) in [5.41, 5.74) is 2.30. The maximum Gasteiger partial charge on any atom is 0.145 e. The lowest BCUT2D eigenvalue weighted by molar-refractivity contribution is 0.252. The number of H-pyrrole nitrogens is 1. The van der Waals surface area contributed by atoms with Crippen molar-refractivity contribution in [2.45, 2.75) is 32.7 Å². The molecule has 2 aliphatic heterocycles. The molecule has 3 heterocycles. The second-order valence-electron chi connectivity index (χ2n) is 5.90. The van der Waals surface area contributed by atoms with E-state index in [-0.39, 0.29) is 11.8 Å². The van der Waals surface area contributed by atoms with E-state index in [2.05, 4.69) is 15.3 Å². The van der Waals surface area contributed by atoms with E-state index in [4.69, 9.17) is 5.41 Å². The van der Waals surface area contributed by atoms with E-state index in [9.17, 15) is 5.11 Å². The first-order chi connectivity index (χ1) is 11.7. The molecule has 4 N–H and O–H groups in total. The number of aliphatic hydroxyl groups excluding tert-OH is 1. The smallest absolute Gasteiger partial charge is 0.145 e. The number of nitrogens with zero attached hydrogens (tertiary/aromatic N) is 2. The monoisotopic (exact) mass is 327 g/mol. The molecular weight excluding hydrogens is 302 g/mol. The molecule has 128 valence electrons. The van der Waals surface area contributed by atoms with Gasteiger partial charge in [-0.2, -0.15) is 0 Å². The minimum absolute atomic E-state index is 0.231. The van der Waals surface area contributed by atoms with Crippen LogP contribution in [0.1, 0.15) is 32.5 Å². The van der Waals surface area contributed by atoms with E-state index in [0.717, 1.165) is 37.0 Å². The third-order valence-corrected chi connectivity index (χ3v) is 4.47. The minimum atomic E-state index is 0.231. The topological polar surface area (TPSA) is 88.0 Å². The number of benzene rings is 1. The number of amidine groups is 1. The Labute approximate surface area is 142 Å². The van der Waals surface area contributed by atoms with Gasteiger partial charge in [0.15, 0.2) is 0 Å². The van der Waals surface area contributed by atoms with Gasteiger partial charge in [-0.1, -0.05) is 26.0 Å². The van der Waals surface area contributed by atoms with Gasteiger partial charge in [-0.15, -0.1) is 0 Å². The van der Waals surface area contributed by atoms with Gasteiger partial charge in [0.1, 0.15) is 17.4 Å². The first kappa shape index (κ1) is 16.5. The van der Waals surface area contributed by atoms with Gasteiger partial charge >= 0.3 is 0 Å². The molecule has 1 atom stereocenters. The molecule has 4 rings (SSSR count). The highest BCUT2D eigenvalue weighted by atomic mass is 16.3. The Morgan fingerprint density at radius 2 is 2.08 bits per heavy atom. The van der Waals surface area contributed by atoms with Crippen LogP contribution < -0.4 is 5.32 Å². The van der Waals surface area contributed by atoms with Crippen molar-refractivity contribution in [3.8, 4) is 0 Å². The fraction of sp³-hybridized carbons (Fsp3) is 0.444. The predicted molar refractivity (Wildman–Crippen MR) is 97.3 cm³/mol. The van der Waals surface area contributed by atoms with Gasteiger partial charge < -0.3 is 20.3 Å². The van der Waals surface area contributed by atoms with Crippen LogP contribution in [0, 0.1) is 5.41 Å². The van der Waals surface area contributed by atoms with Crippen molar-refractivity contribution < 1.29 is 5.11 Å². The highest BCUT2D eigenvalue weighted by Crippen LogP contribution is 2.29. The van der Waals surface area contributed by atoms with Crippen molar-refractivity contribution in [1.29, 1.82) is 5.41 Å². The fourth-order valence-corrected chi connectivity index (χ4v) is 3.33. The highest BCUT2D eigenvalue weighted by Gasteiger charge is 2.34. The number of piperidine rings is 1. The molecule has 1 unspecified atom stereocenters. The lowest BCUT2D eigenvalue weighted by Crippen LogP contribution is -2.47. The van der Waals surface area contributed by atoms with Gasteiger partial charge in [-0.25, -0.2) is 4.98 Å². The van der Waals surface area contributed by atoms with Crippen LogP contribution in [-0.4, -0.2) is 51.5 Å². The Kier molecular flexibility index (Phi) is 4.85. The number of aromatic nitrogens is 2. The number of aliphatic hydroxyl groups is 1. The largest absolute Gasteiger partial charge is 0.510 e. The van der Waals surface area contributed by atoms with Crippen LogP contribution in [0.2, 0.25) is 0 Å². The second kappa shape index (κ2) is 7.05. The van der Waals surface area contributed by atoms with E-state index in [1.165, 1.54) is 0 Å². The van der Waals surface area contributed by atoms with Crippen molar-refractivity contribution in [1.82, 2.24) is 20.2 Å². The van der Waals surface area contributed by atoms with Gasteiger partial charge in [0.25, 0.3) is 0 Å². The first-order valence-electron chi connectivity index (χ1n) is 8.67. The lowest BCUT2D eigenvalue weighted by Gasteiger charge is -2.32. The molecule has 0 saturated carbocycles. The molecule has 24 heavy (non-hydrogen) atoms. The summed E-state index contributed by atoms with van der Waals surface area (Å²) in [4.78, 5) is 9.70. The zero-order chi connectivity index (χ0) is 17.1. The molecule has 1 aromatic heterocycles. The number of aromatic amines is 1. The van der Waals surface area contributed by atoms with Gasteiger partial charge in [-0.3, -0.25) is 5.41 Å². The van der Waals surface area contributed by atoms with Gasteiger partial charge in [0.05, 0.1) is 23.2 Å². The standard InChI is InChI=1S/C16H19N5O.C2H6/c17-15-14(16-19-11-5-1-2-6-12(11)20-16)13(22)9-21(15)10-4-3-7-18-8-10;1-2/h1-2,5-6,10,17-18,22H,3-4,7-9H2,(H,19,20);1-2H3. The summed E-state index contributed by atoms with van der Waals surface area (Å²) in [5.74, 6) is 1.18. The molecule has 0 amide bonds. The van der Waals surface area contributed by atoms with Crippen LogP contribution in [0.15, 0.2) is 30.0 Å². The van der Waals surface area contributed by atoms with Crippen molar-refractivity contribution in [3.05, 3.63) is 35.8 Å². The number of hydrogen-bond acceptors (Lipinski definition) is 4. The van der Waals surface area contributed by atoms with Crippen molar-refractivity contribution >= 4 is 22.4 Å². The molecule has 0 spiro atoms. The first-order valence-corrected chi connectivity index (χ1v) is 8.67. The molecule has 2 aromatic rings. The minimum Gasteiger partial charge on any atom is -0.510 e. The number of fused-ring (bicyclic) bond motifs is 1. The van der Waals surface area contributed by atoms with E-state index in [0.29, 0.717) is 23.8 Å². The van der Waals surface area contributed by atoms with Crippen LogP contribution in [-0.2, 0) is 0 Å². The van der Waals surface area contributed by atoms with Crippen molar-refractivity contribution in [3.63, 3.8) is 0 Å². The Morgan fingerprint density at radius 3 is 2.79 bits per heavy atom. The zero-order valence-electron chi connectivity index (χ0n) is 14.3. The maximum atomic E-state index is 10.4. The molecule has 1 fully saturated rings. The Balaban J connectivity index is 0.000000815. The number of imidazole rings is 1. The fourth-order valence-electron chi connectivity index (χ4n) is 3.33. The van der Waals surface area contributed by atoms with Crippen LogP contribution in [0.3, 0.4) is 0 Å². The molecule has 1 aromatic carbocycles. The number of nitrogens with one attached hydrogen (secondary N) is 3. The highest BCUT2D eigenvalue weighted by molar-refractivity contribution is 6.23. The third kappa shape index (κ3) is 2.89. The van der Waals surface area contributed by atoms with Gasteiger partial charge in [0, 0.05) is 12.6 Å². The van der Waals surface area contributed by atoms with Crippen LogP contribution in [0.4, 0.5) is 0 Å². The molecule has 0 aliphatic carbocycles. The number of rotatable bonds is 2. The van der Waals surface area contributed by atoms with E-state index < -0.39 is 0 Å². The third-order valence-electron chi connectivity index (χ3n) is 4.47. The molecule has 0 radical (unpaired) electrons. The molecule has 6 nitrogen and oxygen atoms in total. The number of para-hydroxylation sites is 2. The predicted octanol–water partition coefficient (Wildman–Crippen LogP) is 2.90. The Hall–Kier alpha value is -2.34. The summed E-state index contributed by atoms with van der Waals surface area (Å²) in [6.45, 7) is 6.30. The normalized spacial score (nSPS) is 21.2. The van der Waals surface area contributed by atoms with E-state index in [1.54, 1.807) is 0 Å². The van der Waals surface area contributed by atoms with E-state index in [1.807, 2.05) is 43.0 Å². The summed E-state index contributed by atoms with van der Waals surface area (Å²) in [7, 11) is 0. The average Bonchev–Trinajstić information content (AvgIpc) is 3.17. The van der Waals surface area contributed by atoms with E-state index >= 15 is 0 Å². The van der Waals surface area contributed by atoms with Crippen LogP contribution in [0.25, 0.3) is 16.6 Å². The Morgan fingerprint density at radius 1 is 1.29 bits per heavy atom. The molecule has 6 heteroatoms. The lowest BCUT2D eigenvalue weighted by atomic mass is 10.1. The summed E-state index contributed by atoms with van der Waals surface area (Å²) in [5, 5.41) is 22.2. The van der Waals surface area contributed by atoms with Crippen LogP contribution >= 0.6 is 0 Å². The van der Waals surface area contributed by atoms with Gasteiger partial charge in [0.2, 0.25) is 0 Å². The van der Waals surface area contributed by atoms with Crippen LogP contribution in [0.5, 0.6) is 0 Å². The summed E-state index contributed by atoms with van der Waals surface area (Å²) < 4.78 is 0. The quantitative estimate of drug-likeness (QED) is 0.683. The molecule has 2 aliphatic rings. The average molecular weight is 327 g/mol. The summed E-state index contributed by atoms with van der Waals surface area (Å²) in [6, 6.07) is 8.02. The SMILES string of the molecule is CC.N=C1C(c2nc3ccccc3[nH]2)=C(O)CN1C1CCCNC1.